The summed E-state index contributed by atoms with van der Waals surface area (Å²) < 4.78 is 5.59. The van der Waals surface area contributed by atoms with Gasteiger partial charge in [0, 0.05) is 37.0 Å². The summed E-state index contributed by atoms with van der Waals surface area (Å²) in [5, 5.41) is 0. The Morgan fingerprint density at radius 1 is 1.53 bits per heavy atom. The monoisotopic (exact) mass is 253 g/mol. The van der Waals surface area contributed by atoms with E-state index in [0.717, 1.165) is 32.2 Å². The Labute approximate surface area is 106 Å². The second kappa shape index (κ2) is 5.02. The molecule has 2 heterocycles. The van der Waals surface area contributed by atoms with Gasteiger partial charge >= 0.3 is 0 Å². The van der Waals surface area contributed by atoms with Crippen LogP contribution in [0.3, 0.4) is 0 Å². The Kier molecular flexibility index (Phi) is 3.42. The number of aromatic nitrogens is 1. The molecule has 0 amide bonds. The molecule has 0 bridgehead atoms. The standard InChI is InChI=1S/C12H19N3OS/c13-5-10-6-15(3-4-16-10)7-11-12(9-1-2-9)14-8-17-11/h8-10H,1-7,13H2. The number of nitrogens with zero attached hydrogens (tertiary/aromatic N) is 2. The molecule has 94 valence electrons. The first-order valence-corrected chi connectivity index (χ1v) is 7.21. The van der Waals surface area contributed by atoms with Gasteiger partial charge in [-0.3, -0.25) is 4.90 Å². The van der Waals surface area contributed by atoms with Crippen LogP contribution >= 0.6 is 11.3 Å². The van der Waals surface area contributed by atoms with E-state index in [0.29, 0.717) is 6.54 Å². The molecule has 3 rings (SSSR count). The van der Waals surface area contributed by atoms with Gasteiger partial charge < -0.3 is 10.5 Å². The normalized spacial score (nSPS) is 26.3. The molecule has 0 radical (unpaired) electrons. The van der Waals surface area contributed by atoms with Gasteiger partial charge in [0.05, 0.1) is 23.9 Å². The average molecular weight is 253 g/mol. The van der Waals surface area contributed by atoms with Crippen LogP contribution in [0.25, 0.3) is 0 Å². The van der Waals surface area contributed by atoms with Crippen LogP contribution in [-0.2, 0) is 11.3 Å². The zero-order valence-corrected chi connectivity index (χ0v) is 10.8. The van der Waals surface area contributed by atoms with Crippen LogP contribution in [0.2, 0.25) is 0 Å². The fourth-order valence-corrected chi connectivity index (χ4v) is 3.25. The van der Waals surface area contributed by atoms with Gasteiger partial charge in [0.2, 0.25) is 0 Å². The zero-order chi connectivity index (χ0) is 11.7. The molecule has 1 saturated carbocycles. The fourth-order valence-electron chi connectivity index (χ4n) is 2.36. The Bertz CT molecular complexity index is 378. The van der Waals surface area contributed by atoms with E-state index in [-0.39, 0.29) is 6.10 Å². The van der Waals surface area contributed by atoms with E-state index in [9.17, 15) is 0 Å². The molecule has 5 heteroatoms. The third-order valence-corrected chi connectivity index (χ3v) is 4.32. The number of nitrogens with two attached hydrogens (primary N) is 1. The lowest BCUT2D eigenvalue weighted by Gasteiger charge is -2.32. The van der Waals surface area contributed by atoms with Crippen molar-refractivity contribution in [1.29, 1.82) is 0 Å². The lowest BCUT2D eigenvalue weighted by atomic mass is 10.2. The van der Waals surface area contributed by atoms with Crippen LogP contribution < -0.4 is 5.73 Å². The molecule has 2 N–H and O–H groups in total. The molecular weight excluding hydrogens is 234 g/mol. The maximum atomic E-state index is 5.67. The molecule has 1 aromatic rings. The fraction of sp³-hybridized carbons (Fsp3) is 0.750. The predicted octanol–water partition coefficient (Wildman–Crippen LogP) is 1.18. The van der Waals surface area contributed by atoms with Crippen molar-refractivity contribution in [2.24, 2.45) is 5.73 Å². The molecule has 17 heavy (non-hydrogen) atoms. The molecule has 1 aliphatic heterocycles. The molecule has 4 nitrogen and oxygen atoms in total. The maximum absolute atomic E-state index is 5.67. The predicted molar refractivity (Wildman–Crippen MR) is 68.2 cm³/mol. The van der Waals surface area contributed by atoms with Crippen LogP contribution in [-0.4, -0.2) is 42.2 Å². The van der Waals surface area contributed by atoms with Crippen molar-refractivity contribution >= 4 is 11.3 Å². The first-order chi connectivity index (χ1) is 8.36. The quantitative estimate of drug-likeness (QED) is 0.875. The Hall–Kier alpha value is -0.490. The first-order valence-electron chi connectivity index (χ1n) is 6.33. The van der Waals surface area contributed by atoms with Gasteiger partial charge in [-0.2, -0.15) is 0 Å². The first kappa shape index (κ1) is 11.6. The van der Waals surface area contributed by atoms with Crippen LogP contribution in [0.15, 0.2) is 5.51 Å². The number of hydrogen-bond donors (Lipinski definition) is 1. The molecular formula is C12H19N3OS. The van der Waals surface area contributed by atoms with E-state index in [2.05, 4.69) is 9.88 Å². The highest BCUT2D eigenvalue weighted by Gasteiger charge is 2.29. The van der Waals surface area contributed by atoms with E-state index < -0.39 is 0 Å². The zero-order valence-electron chi connectivity index (χ0n) is 9.97. The molecule has 1 atom stereocenters. The van der Waals surface area contributed by atoms with Crippen LogP contribution in [0.1, 0.15) is 29.3 Å². The summed E-state index contributed by atoms with van der Waals surface area (Å²) in [6.07, 6.45) is 2.86. The second-order valence-corrected chi connectivity index (χ2v) is 5.84. The third kappa shape index (κ3) is 2.68. The van der Waals surface area contributed by atoms with Gasteiger partial charge in [0.25, 0.3) is 0 Å². The van der Waals surface area contributed by atoms with Crippen molar-refractivity contribution in [3.63, 3.8) is 0 Å². The number of rotatable bonds is 4. The molecule has 0 aromatic carbocycles. The van der Waals surface area contributed by atoms with E-state index in [1.165, 1.54) is 23.4 Å². The lowest BCUT2D eigenvalue weighted by Crippen LogP contribution is -2.45. The summed E-state index contributed by atoms with van der Waals surface area (Å²) >= 11 is 1.80. The highest BCUT2D eigenvalue weighted by molar-refractivity contribution is 7.09. The number of thiazole rings is 1. The topological polar surface area (TPSA) is 51.4 Å². The van der Waals surface area contributed by atoms with E-state index in [1.807, 2.05) is 5.51 Å². The van der Waals surface area contributed by atoms with Crippen LogP contribution in [0, 0.1) is 0 Å². The van der Waals surface area contributed by atoms with Crippen molar-refractivity contribution in [3.05, 3.63) is 16.1 Å². The maximum Gasteiger partial charge on any atom is 0.0824 e. The van der Waals surface area contributed by atoms with Gasteiger partial charge in [0.1, 0.15) is 0 Å². The summed E-state index contributed by atoms with van der Waals surface area (Å²) in [7, 11) is 0. The molecule has 1 unspecified atom stereocenters. The minimum Gasteiger partial charge on any atom is -0.374 e. The summed E-state index contributed by atoms with van der Waals surface area (Å²) in [6, 6.07) is 0. The second-order valence-electron chi connectivity index (χ2n) is 4.90. The molecule has 1 aliphatic carbocycles. The lowest BCUT2D eigenvalue weighted by molar-refractivity contribution is -0.0258. The Balaban J connectivity index is 1.63. The third-order valence-electron chi connectivity index (χ3n) is 3.49. The number of hydrogen-bond acceptors (Lipinski definition) is 5. The Morgan fingerprint density at radius 3 is 3.18 bits per heavy atom. The van der Waals surface area contributed by atoms with E-state index in [1.54, 1.807) is 11.3 Å². The summed E-state index contributed by atoms with van der Waals surface area (Å²) in [6.45, 7) is 4.42. The van der Waals surface area contributed by atoms with Gasteiger partial charge in [-0.25, -0.2) is 4.98 Å². The average Bonchev–Trinajstić information content (AvgIpc) is 3.11. The Morgan fingerprint density at radius 2 is 2.41 bits per heavy atom. The highest BCUT2D eigenvalue weighted by atomic mass is 32.1. The molecule has 1 aromatic heterocycles. The van der Waals surface area contributed by atoms with Gasteiger partial charge in [-0.15, -0.1) is 11.3 Å². The minimum absolute atomic E-state index is 0.209. The smallest absolute Gasteiger partial charge is 0.0824 e. The van der Waals surface area contributed by atoms with E-state index >= 15 is 0 Å². The SMILES string of the molecule is NCC1CN(Cc2scnc2C2CC2)CCO1. The molecule has 2 aliphatic rings. The minimum atomic E-state index is 0.209. The van der Waals surface area contributed by atoms with E-state index in [4.69, 9.17) is 10.5 Å². The summed E-state index contributed by atoms with van der Waals surface area (Å²) in [5.41, 5.74) is 9.01. The molecule has 1 saturated heterocycles. The van der Waals surface area contributed by atoms with Crippen molar-refractivity contribution in [1.82, 2.24) is 9.88 Å². The summed E-state index contributed by atoms with van der Waals surface area (Å²) in [5.74, 6) is 0.752. The summed E-state index contributed by atoms with van der Waals surface area (Å²) in [4.78, 5) is 8.41. The van der Waals surface area contributed by atoms with Gasteiger partial charge in [-0.05, 0) is 12.8 Å². The van der Waals surface area contributed by atoms with Crippen molar-refractivity contribution < 1.29 is 4.74 Å². The molecule has 2 fully saturated rings. The number of morpholine rings is 1. The number of ether oxygens (including phenoxy) is 1. The van der Waals surface area contributed by atoms with Crippen molar-refractivity contribution in [3.8, 4) is 0 Å². The van der Waals surface area contributed by atoms with Crippen molar-refractivity contribution in [2.45, 2.75) is 31.4 Å². The largest absolute Gasteiger partial charge is 0.374 e. The van der Waals surface area contributed by atoms with Crippen LogP contribution in [0.4, 0.5) is 0 Å². The van der Waals surface area contributed by atoms with Crippen LogP contribution in [0.5, 0.6) is 0 Å². The van der Waals surface area contributed by atoms with Crippen molar-refractivity contribution in [2.75, 3.05) is 26.2 Å². The highest BCUT2D eigenvalue weighted by Crippen LogP contribution is 2.42. The van der Waals surface area contributed by atoms with Gasteiger partial charge in [-0.1, -0.05) is 0 Å². The molecule has 0 spiro atoms. The van der Waals surface area contributed by atoms with Gasteiger partial charge in [0.15, 0.2) is 0 Å².